The summed E-state index contributed by atoms with van der Waals surface area (Å²) in [5, 5.41) is 2.13. The first-order valence-corrected chi connectivity index (χ1v) is 26.6. The molecule has 5 heteroatoms. The number of anilines is 9. The molecule has 0 bridgehead atoms. The van der Waals surface area contributed by atoms with E-state index in [1.807, 2.05) is 0 Å². The predicted octanol–water partition coefficient (Wildman–Crippen LogP) is 20.1. The van der Waals surface area contributed by atoms with Gasteiger partial charge in [-0.15, -0.1) is 0 Å². The van der Waals surface area contributed by atoms with Gasteiger partial charge in [0.15, 0.2) is 17.1 Å². The van der Waals surface area contributed by atoms with Crippen molar-refractivity contribution in [3.05, 3.63) is 307 Å². The SMILES string of the molecule is c1ccc(-c2ccc(N(c3ccccc3)c3cc(-c4ccccc4)cc(N(c4ccc5c(c4)C4(c6ccccc6-c6ccccc64)c4cccc6c4N5c4ccccc4O6)c4cccc5c4oc4ccccc45)c3)cc2)cc1. The summed E-state index contributed by atoms with van der Waals surface area (Å²) in [4.78, 5) is 7.25. The molecular formula is C73H47N3O2. The molecule has 0 amide bonds. The molecule has 2 aliphatic heterocycles. The van der Waals surface area contributed by atoms with Crippen molar-refractivity contribution in [2.75, 3.05) is 14.7 Å². The van der Waals surface area contributed by atoms with Crippen LogP contribution in [0.25, 0.3) is 55.3 Å². The average molecular weight is 998 g/mol. The molecule has 1 aliphatic carbocycles. The fourth-order valence-electron chi connectivity index (χ4n) is 12.9. The van der Waals surface area contributed by atoms with Crippen LogP contribution < -0.4 is 19.4 Å². The lowest BCUT2D eigenvalue weighted by Crippen LogP contribution is -2.37. The first-order chi connectivity index (χ1) is 38.7. The molecule has 0 radical (unpaired) electrons. The van der Waals surface area contributed by atoms with Crippen LogP contribution in [0.1, 0.15) is 22.3 Å². The number of benzene rings is 12. The van der Waals surface area contributed by atoms with Crippen molar-refractivity contribution < 1.29 is 9.15 Å². The number of ether oxygens (including phenoxy) is 1. The Bertz CT molecular complexity index is 4450. The summed E-state index contributed by atoms with van der Waals surface area (Å²) in [5.74, 6) is 1.66. The molecule has 0 fully saturated rings. The maximum Gasteiger partial charge on any atom is 0.159 e. The van der Waals surface area contributed by atoms with E-state index in [0.29, 0.717) is 0 Å². The van der Waals surface area contributed by atoms with Crippen molar-refractivity contribution in [2.45, 2.75) is 5.41 Å². The number of rotatable bonds is 8. The molecule has 0 atom stereocenters. The van der Waals surface area contributed by atoms with E-state index in [2.05, 4.69) is 300 Å². The minimum absolute atomic E-state index is 0.722. The van der Waals surface area contributed by atoms with Gasteiger partial charge in [-0.1, -0.05) is 194 Å². The van der Waals surface area contributed by atoms with Gasteiger partial charge in [-0.2, -0.15) is 0 Å². The summed E-state index contributed by atoms with van der Waals surface area (Å²) in [7, 11) is 0. The maximum atomic E-state index is 7.05. The second kappa shape index (κ2) is 17.4. The van der Waals surface area contributed by atoms with Gasteiger partial charge in [0.25, 0.3) is 0 Å². The molecule has 3 heterocycles. The van der Waals surface area contributed by atoms with Gasteiger partial charge in [0, 0.05) is 39.2 Å². The number of hydrogen-bond donors (Lipinski definition) is 0. The van der Waals surface area contributed by atoms with E-state index in [1.165, 1.54) is 38.9 Å². The van der Waals surface area contributed by atoms with Crippen LogP contribution in [0.5, 0.6) is 11.5 Å². The number of furan rings is 1. The van der Waals surface area contributed by atoms with Crippen molar-refractivity contribution in [3.63, 3.8) is 0 Å². The Morgan fingerprint density at radius 3 is 1.63 bits per heavy atom. The largest absolute Gasteiger partial charge is 0.454 e. The van der Waals surface area contributed by atoms with E-state index >= 15 is 0 Å². The molecule has 366 valence electrons. The van der Waals surface area contributed by atoms with Gasteiger partial charge in [-0.05, 0) is 147 Å². The van der Waals surface area contributed by atoms with Crippen molar-refractivity contribution >= 4 is 73.1 Å². The predicted molar refractivity (Wildman–Crippen MR) is 320 cm³/mol. The summed E-state index contributed by atoms with van der Waals surface area (Å²) in [6.07, 6.45) is 0. The van der Waals surface area contributed by atoms with Crippen LogP contribution in [-0.2, 0) is 5.41 Å². The highest BCUT2D eigenvalue weighted by atomic mass is 16.5. The van der Waals surface area contributed by atoms with Gasteiger partial charge in [-0.3, -0.25) is 0 Å². The second-order valence-electron chi connectivity index (χ2n) is 20.4. The number of fused-ring (bicyclic) bond motifs is 14. The average Bonchev–Trinajstić information content (AvgIpc) is 4.22. The van der Waals surface area contributed by atoms with Gasteiger partial charge in [0.1, 0.15) is 5.58 Å². The molecule has 0 unspecified atom stereocenters. The summed E-state index contributed by atoms with van der Waals surface area (Å²) >= 11 is 0. The minimum atomic E-state index is -0.722. The van der Waals surface area contributed by atoms with Crippen LogP contribution in [0, 0.1) is 0 Å². The highest BCUT2D eigenvalue weighted by Gasteiger charge is 2.53. The molecule has 1 spiro atoms. The van der Waals surface area contributed by atoms with E-state index in [9.17, 15) is 0 Å². The topological polar surface area (TPSA) is 32.1 Å². The Kier molecular flexibility index (Phi) is 9.78. The zero-order valence-corrected chi connectivity index (χ0v) is 42.3. The molecular weight excluding hydrogens is 951 g/mol. The second-order valence-corrected chi connectivity index (χ2v) is 20.4. The fraction of sp³-hybridized carbons (Fsp3) is 0.0137. The lowest BCUT2D eigenvalue weighted by molar-refractivity contribution is 0.473. The quantitative estimate of drug-likeness (QED) is 0.151. The Morgan fingerprint density at radius 2 is 0.872 bits per heavy atom. The van der Waals surface area contributed by atoms with Crippen LogP contribution in [0.15, 0.2) is 290 Å². The molecule has 5 nitrogen and oxygen atoms in total. The van der Waals surface area contributed by atoms with Crippen LogP contribution >= 0.6 is 0 Å². The molecule has 0 saturated carbocycles. The minimum Gasteiger partial charge on any atom is -0.454 e. The standard InChI is InChI=1S/C73H47N3O2/c1-4-20-48(21-5-1)50-38-40-53(41-39-50)74(52-24-8-3-9-25-52)55-44-51(49-22-6-2-7-23-49)45-56(46-55)75(67-34-18-29-60-59-28-12-16-35-68(59)78-72(60)67)54-42-43-65-64(47-54)73(61-30-13-10-26-57(61)58-27-11-14-31-62(58)73)63-32-19-37-70-71(63)76(65)66-33-15-17-36-69(66)77-70/h1-47H. The number of para-hydroxylation sites is 6. The van der Waals surface area contributed by atoms with Crippen LogP contribution in [0.2, 0.25) is 0 Å². The molecule has 13 aromatic rings. The van der Waals surface area contributed by atoms with Gasteiger partial charge in [0.2, 0.25) is 0 Å². The van der Waals surface area contributed by atoms with Gasteiger partial charge in [0.05, 0.1) is 28.2 Å². The third-order valence-electron chi connectivity index (χ3n) is 16.2. The van der Waals surface area contributed by atoms with Crippen molar-refractivity contribution in [2.24, 2.45) is 0 Å². The van der Waals surface area contributed by atoms with E-state index in [0.717, 1.165) is 101 Å². The summed E-state index contributed by atoms with van der Waals surface area (Å²) in [6.45, 7) is 0. The highest BCUT2D eigenvalue weighted by Crippen LogP contribution is 2.67. The van der Waals surface area contributed by atoms with Crippen molar-refractivity contribution in [3.8, 4) is 44.9 Å². The molecule has 78 heavy (non-hydrogen) atoms. The molecule has 0 N–H and O–H groups in total. The number of hydrogen-bond acceptors (Lipinski definition) is 5. The van der Waals surface area contributed by atoms with Gasteiger partial charge >= 0.3 is 0 Å². The normalized spacial score (nSPS) is 13.1. The highest BCUT2D eigenvalue weighted by molar-refractivity contribution is 6.11. The Hall–Kier alpha value is -10.4. The lowest BCUT2D eigenvalue weighted by atomic mass is 9.64. The molecule has 1 aromatic heterocycles. The molecule has 16 rings (SSSR count). The van der Waals surface area contributed by atoms with Gasteiger partial charge in [-0.25, -0.2) is 0 Å². The third-order valence-corrected chi connectivity index (χ3v) is 16.2. The smallest absolute Gasteiger partial charge is 0.159 e. The van der Waals surface area contributed by atoms with Gasteiger partial charge < -0.3 is 23.9 Å². The lowest BCUT2D eigenvalue weighted by Gasteiger charge is -2.47. The van der Waals surface area contributed by atoms with E-state index in [1.54, 1.807) is 0 Å². The molecule has 12 aromatic carbocycles. The molecule has 3 aliphatic rings. The van der Waals surface area contributed by atoms with Crippen molar-refractivity contribution in [1.29, 1.82) is 0 Å². The Morgan fingerprint density at radius 1 is 0.321 bits per heavy atom. The first-order valence-electron chi connectivity index (χ1n) is 26.6. The third kappa shape index (κ3) is 6.55. The van der Waals surface area contributed by atoms with E-state index < -0.39 is 5.41 Å². The fourth-order valence-corrected chi connectivity index (χ4v) is 12.9. The summed E-state index contributed by atoms with van der Waals surface area (Å²) in [6, 6.07) is 103. The van der Waals surface area contributed by atoms with Crippen LogP contribution in [-0.4, -0.2) is 0 Å². The monoisotopic (exact) mass is 997 g/mol. The molecule has 0 saturated heterocycles. The first kappa shape index (κ1) is 44.0. The summed E-state index contributed by atoms with van der Waals surface area (Å²) < 4.78 is 13.9. The van der Waals surface area contributed by atoms with Crippen LogP contribution in [0.4, 0.5) is 51.2 Å². The summed E-state index contributed by atoms with van der Waals surface area (Å²) in [5.41, 5.74) is 21.9. The van der Waals surface area contributed by atoms with E-state index in [-0.39, 0.29) is 0 Å². The Labute approximate surface area is 452 Å². The Balaban J connectivity index is 0.997. The van der Waals surface area contributed by atoms with Crippen LogP contribution in [0.3, 0.4) is 0 Å². The zero-order chi connectivity index (χ0) is 51.3. The maximum absolute atomic E-state index is 7.05. The van der Waals surface area contributed by atoms with Crippen molar-refractivity contribution in [1.82, 2.24) is 0 Å². The zero-order valence-electron chi connectivity index (χ0n) is 42.3. The van der Waals surface area contributed by atoms with E-state index in [4.69, 9.17) is 9.15 Å². The number of nitrogens with zero attached hydrogens (tertiary/aromatic N) is 3.